The Bertz CT molecular complexity index is 723. The third-order valence-electron chi connectivity index (χ3n) is 4.13. The number of carbonyl (C=O) groups is 2. The molecule has 1 unspecified atom stereocenters. The highest BCUT2D eigenvalue weighted by Gasteiger charge is 2.22. The highest BCUT2D eigenvalue weighted by Crippen LogP contribution is 2.33. The first-order valence-corrected chi connectivity index (χ1v) is 7.75. The maximum absolute atomic E-state index is 12.2. The smallest absolute Gasteiger partial charge is 0.325 e. The lowest BCUT2D eigenvalue weighted by molar-refractivity contribution is -0.137. The van der Waals surface area contributed by atoms with Gasteiger partial charge in [-0.2, -0.15) is 5.10 Å². The SMILES string of the molecule is O=C(O)Cn1ccc(NC(=O)CC2CCCc3ccccc32)n1. The molecule has 0 spiro atoms. The summed E-state index contributed by atoms with van der Waals surface area (Å²) in [6.07, 6.45) is 5.15. The molecule has 1 amide bonds. The van der Waals surface area contributed by atoms with Crippen LogP contribution in [0.4, 0.5) is 5.82 Å². The van der Waals surface area contributed by atoms with Gasteiger partial charge in [0.05, 0.1) is 0 Å². The van der Waals surface area contributed by atoms with Gasteiger partial charge < -0.3 is 10.4 Å². The summed E-state index contributed by atoms with van der Waals surface area (Å²) in [5, 5.41) is 15.5. The number of hydrogen-bond donors (Lipinski definition) is 2. The van der Waals surface area contributed by atoms with Crippen LogP contribution in [0.25, 0.3) is 0 Å². The van der Waals surface area contributed by atoms with Crippen LogP contribution in [0.1, 0.15) is 36.3 Å². The van der Waals surface area contributed by atoms with E-state index in [9.17, 15) is 9.59 Å². The molecule has 0 aliphatic heterocycles. The van der Waals surface area contributed by atoms with Crippen LogP contribution in [0.3, 0.4) is 0 Å². The number of anilines is 1. The standard InChI is InChI=1S/C17H19N3O3/c21-16(18-15-8-9-20(19-15)11-17(22)23)10-13-6-3-5-12-4-1-2-7-14(12)13/h1-2,4,7-9,13H,3,5-6,10-11H2,(H,22,23)(H,18,19,21). The number of nitrogens with zero attached hydrogens (tertiary/aromatic N) is 2. The first kappa shape index (κ1) is 15.3. The maximum Gasteiger partial charge on any atom is 0.325 e. The van der Waals surface area contributed by atoms with Crippen LogP contribution in [-0.2, 0) is 22.6 Å². The van der Waals surface area contributed by atoms with E-state index < -0.39 is 5.97 Å². The Morgan fingerprint density at radius 2 is 2.13 bits per heavy atom. The normalized spacial score (nSPS) is 16.6. The van der Waals surface area contributed by atoms with Crippen LogP contribution >= 0.6 is 0 Å². The average molecular weight is 313 g/mol. The van der Waals surface area contributed by atoms with E-state index in [2.05, 4.69) is 22.5 Å². The predicted octanol–water partition coefficient (Wildman–Crippen LogP) is 2.42. The van der Waals surface area contributed by atoms with Gasteiger partial charge in [0, 0.05) is 18.7 Å². The van der Waals surface area contributed by atoms with E-state index in [1.807, 2.05) is 12.1 Å². The zero-order chi connectivity index (χ0) is 16.2. The first-order valence-electron chi connectivity index (χ1n) is 7.75. The van der Waals surface area contributed by atoms with E-state index in [4.69, 9.17) is 5.11 Å². The Balaban J connectivity index is 1.62. The maximum atomic E-state index is 12.2. The number of hydrogen-bond acceptors (Lipinski definition) is 3. The van der Waals surface area contributed by atoms with Gasteiger partial charge in [0.15, 0.2) is 5.82 Å². The lowest BCUT2D eigenvalue weighted by atomic mass is 9.81. The molecule has 6 nitrogen and oxygen atoms in total. The summed E-state index contributed by atoms with van der Waals surface area (Å²) < 4.78 is 1.29. The molecule has 120 valence electrons. The van der Waals surface area contributed by atoms with Crippen molar-refractivity contribution in [2.45, 2.75) is 38.1 Å². The molecular formula is C17H19N3O3. The van der Waals surface area contributed by atoms with E-state index in [0.717, 1.165) is 19.3 Å². The van der Waals surface area contributed by atoms with Gasteiger partial charge in [0.1, 0.15) is 6.54 Å². The molecule has 1 aromatic heterocycles. The minimum absolute atomic E-state index is 0.0905. The third-order valence-corrected chi connectivity index (χ3v) is 4.13. The largest absolute Gasteiger partial charge is 0.480 e. The van der Waals surface area contributed by atoms with Gasteiger partial charge in [-0.15, -0.1) is 0 Å². The van der Waals surface area contributed by atoms with Crippen molar-refractivity contribution < 1.29 is 14.7 Å². The molecular weight excluding hydrogens is 294 g/mol. The van der Waals surface area contributed by atoms with Crippen molar-refractivity contribution in [3.8, 4) is 0 Å². The lowest BCUT2D eigenvalue weighted by Crippen LogP contribution is -2.19. The van der Waals surface area contributed by atoms with Crippen molar-refractivity contribution in [3.63, 3.8) is 0 Å². The highest BCUT2D eigenvalue weighted by molar-refractivity contribution is 5.90. The molecule has 2 aromatic rings. The first-order chi connectivity index (χ1) is 11.1. The van der Waals surface area contributed by atoms with E-state index in [1.54, 1.807) is 12.3 Å². The Kier molecular flexibility index (Phi) is 4.41. The number of rotatable bonds is 5. The summed E-state index contributed by atoms with van der Waals surface area (Å²) in [4.78, 5) is 22.9. The van der Waals surface area contributed by atoms with Crippen molar-refractivity contribution in [3.05, 3.63) is 47.7 Å². The molecule has 0 saturated carbocycles. The van der Waals surface area contributed by atoms with E-state index in [1.165, 1.54) is 15.8 Å². The second-order valence-electron chi connectivity index (χ2n) is 5.83. The number of aliphatic carboxylic acids is 1. The van der Waals surface area contributed by atoms with Crippen LogP contribution in [0.15, 0.2) is 36.5 Å². The number of carbonyl (C=O) groups excluding carboxylic acids is 1. The molecule has 0 fully saturated rings. The quantitative estimate of drug-likeness (QED) is 0.888. The lowest BCUT2D eigenvalue weighted by Gasteiger charge is -2.24. The molecule has 3 rings (SSSR count). The molecule has 1 aromatic carbocycles. The number of aromatic nitrogens is 2. The van der Waals surface area contributed by atoms with Crippen LogP contribution < -0.4 is 5.32 Å². The van der Waals surface area contributed by atoms with Crippen molar-refractivity contribution >= 4 is 17.7 Å². The highest BCUT2D eigenvalue weighted by atomic mass is 16.4. The molecule has 6 heteroatoms. The van der Waals surface area contributed by atoms with Gasteiger partial charge in [-0.25, -0.2) is 0 Å². The Hall–Kier alpha value is -2.63. The zero-order valence-corrected chi connectivity index (χ0v) is 12.7. The molecule has 0 saturated heterocycles. The molecule has 0 bridgehead atoms. The fraction of sp³-hybridized carbons (Fsp3) is 0.353. The number of fused-ring (bicyclic) bond motifs is 1. The summed E-state index contributed by atoms with van der Waals surface area (Å²) in [6, 6.07) is 9.90. The Morgan fingerprint density at radius 1 is 1.30 bits per heavy atom. The molecule has 1 aliphatic carbocycles. The molecule has 23 heavy (non-hydrogen) atoms. The van der Waals surface area contributed by atoms with Gasteiger partial charge in [-0.3, -0.25) is 14.3 Å². The minimum atomic E-state index is -0.968. The number of aryl methyl sites for hydroxylation is 1. The number of carboxylic acids is 1. The Morgan fingerprint density at radius 3 is 2.96 bits per heavy atom. The van der Waals surface area contributed by atoms with Gasteiger partial charge in [0.25, 0.3) is 0 Å². The van der Waals surface area contributed by atoms with Gasteiger partial charge in [0.2, 0.25) is 5.91 Å². The van der Waals surface area contributed by atoms with Crippen LogP contribution in [0.2, 0.25) is 0 Å². The number of amides is 1. The summed E-state index contributed by atoms with van der Waals surface area (Å²) in [7, 11) is 0. The fourth-order valence-electron chi connectivity index (χ4n) is 3.14. The van der Waals surface area contributed by atoms with Gasteiger partial charge >= 0.3 is 5.97 Å². The minimum Gasteiger partial charge on any atom is -0.480 e. The van der Waals surface area contributed by atoms with Crippen LogP contribution in [-0.4, -0.2) is 26.8 Å². The number of nitrogens with one attached hydrogen (secondary N) is 1. The van der Waals surface area contributed by atoms with Gasteiger partial charge in [-0.05, 0) is 36.3 Å². The monoisotopic (exact) mass is 313 g/mol. The molecule has 1 heterocycles. The fourth-order valence-corrected chi connectivity index (χ4v) is 3.14. The van der Waals surface area contributed by atoms with Crippen LogP contribution in [0, 0.1) is 0 Å². The Labute approximate surface area is 134 Å². The van der Waals surface area contributed by atoms with Crippen LogP contribution in [0.5, 0.6) is 0 Å². The molecule has 1 atom stereocenters. The summed E-state index contributed by atoms with van der Waals surface area (Å²) in [6.45, 7) is -0.216. The second kappa shape index (κ2) is 6.64. The summed E-state index contributed by atoms with van der Waals surface area (Å²) in [5.74, 6) is -0.432. The molecule has 0 radical (unpaired) electrons. The summed E-state index contributed by atoms with van der Waals surface area (Å²) >= 11 is 0. The average Bonchev–Trinajstić information content (AvgIpc) is 2.93. The predicted molar refractivity (Wildman–Crippen MR) is 85.2 cm³/mol. The van der Waals surface area contributed by atoms with Crippen molar-refractivity contribution in [2.24, 2.45) is 0 Å². The van der Waals surface area contributed by atoms with E-state index in [0.29, 0.717) is 12.2 Å². The summed E-state index contributed by atoms with van der Waals surface area (Å²) in [5.41, 5.74) is 2.60. The topological polar surface area (TPSA) is 84.2 Å². The zero-order valence-electron chi connectivity index (χ0n) is 12.7. The van der Waals surface area contributed by atoms with E-state index >= 15 is 0 Å². The number of benzene rings is 1. The van der Waals surface area contributed by atoms with Crippen molar-refractivity contribution in [2.75, 3.05) is 5.32 Å². The van der Waals surface area contributed by atoms with Crippen molar-refractivity contribution in [1.82, 2.24) is 9.78 Å². The van der Waals surface area contributed by atoms with Gasteiger partial charge in [-0.1, -0.05) is 24.3 Å². The molecule has 2 N–H and O–H groups in total. The van der Waals surface area contributed by atoms with E-state index in [-0.39, 0.29) is 18.4 Å². The molecule has 1 aliphatic rings. The van der Waals surface area contributed by atoms with Crippen molar-refractivity contribution in [1.29, 1.82) is 0 Å². The second-order valence-corrected chi connectivity index (χ2v) is 5.83. The third kappa shape index (κ3) is 3.77. The number of carboxylic acid groups (broad SMARTS) is 1.